The van der Waals surface area contributed by atoms with Gasteiger partial charge in [-0.15, -0.1) is 12.4 Å². The van der Waals surface area contributed by atoms with E-state index < -0.39 is 38.9 Å². The summed E-state index contributed by atoms with van der Waals surface area (Å²) in [6, 6.07) is 5.34. The molecule has 2 aromatic carbocycles. The van der Waals surface area contributed by atoms with Gasteiger partial charge in [-0.3, -0.25) is 4.79 Å². The minimum Gasteiger partial charge on any atom is -0.322 e. The number of rotatable bonds is 7. The highest BCUT2D eigenvalue weighted by Gasteiger charge is 2.19. The van der Waals surface area contributed by atoms with Crippen LogP contribution in [-0.4, -0.2) is 34.5 Å². The van der Waals surface area contributed by atoms with Crippen molar-refractivity contribution in [2.24, 2.45) is 0 Å². The van der Waals surface area contributed by atoms with Crippen LogP contribution in [0.4, 0.5) is 18.9 Å². The second kappa shape index (κ2) is 9.70. The fourth-order valence-electron chi connectivity index (χ4n) is 2.01. The summed E-state index contributed by atoms with van der Waals surface area (Å²) >= 11 is 0. The highest BCUT2D eigenvalue weighted by molar-refractivity contribution is 7.89. The maximum Gasteiger partial charge on any atom is 0.258 e. The molecule has 148 valence electrons. The van der Waals surface area contributed by atoms with Crippen LogP contribution >= 0.6 is 12.4 Å². The summed E-state index contributed by atoms with van der Waals surface area (Å²) in [4.78, 5) is 11.9. The third-order valence-electron chi connectivity index (χ3n) is 3.34. The van der Waals surface area contributed by atoms with Crippen molar-refractivity contribution in [2.75, 3.05) is 25.5 Å². The highest BCUT2D eigenvalue weighted by Crippen LogP contribution is 2.18. The molecule has 2 aromatic rings. The van der Waals surface area contributed by atoms with E-state index in [9.17, 15) is 26.4 Å². The van der Waals surface area contributed by atoms with Gasteiger partial charge in [-0.25, -0.2) is 26.3 Å². The highest BCUT2D eigenvalue weighted by atomic mass is 35.5. The molecule has 0 spiro atoms. The van der Waals surface area contributed by atoms with Gasteiger partial charge in [-0.05, 0) is 37.4 Å². The van der Waals surface area contributed by atoms with E-state index in [1.54, 1.807) is 7.05 Å². The fraction of sp³-hybridized carbons (Fsp3) is 0.188. The first-order chi connectivity index (χ1) is 12.2. The fourth-order valence-corrected chi connectivity index (χ4v) is 3.07. The Morgan fingerprint density at radius 2 is 1.63 bits per heavy atom. The summed E-state index contributed by atoms with van der Waals surface area (Å²) in [5.74, 6) is -4.25. The van der Waals surface area contributed by atoms with Gasteiger partial charge in [0, 0.05) is 24.8 Å². The summed E-state index contributed by atoms with van der Waals surface area (Å²) in [6.07, 6.45) is 0. The van der Waals surface area contributed by atoms with Crippen LogP contribution in [0.1, 0.15) is 10.4 Å². The van der Waals surface area contributed by atoms with Gasteiger partial charge in [-0.2, -0.15) is 0 Å². The van der Waals surface area contributed by atoms with E-state index in [-0.39, 0.29) is 29.5 Å². The van der Waals surface area contributed by atoms with Crippen molar-refractivity contribution in [1.82, 2.24) is 10.0 Å². The third kappa shape index (κ3) is 5.93. The lowest BCUT2D eigenvalue weighted by molar-refractivity contribution is 0.102. The maximum atomic E-state index is 13.9. The first kappa shape index (κ1) is 22.9. The van der Waals surface area contributed by atoms with E-state index >= 15 is 0 Å². The summed E-state index contributed by atoms with van der Waals surface area (Å²) in [7, 11) is -2.29. The molecule has 3 N–H and O–H groups in total. The molecule has 0 saturated heterocycles. The molecule has 0 saturated carbocycles. The molecule has 0 heterocycles. The van der Waals surface area contributed by atoms with Gasteiger partial charge in [0.05, 0.1) is 10.5 Å². The van der Waals surface area contributed by atoms with Crippen LogP contribution in [0.3, 0.4) is 0 Å². The molecule has 0 aromatic heterocycles. The standard InChI is InChI=1S/C16H16F3N3O3S.ClH/c1-20-6-7-21-26(24,25)11-3-5-13(17)12(9-11)16(23)22-10-2-4-14(18)15(19)8-10;/h2-5,8-9,20-21H,6-7H2,1H3,(H,22,23);1H. The van der Waals surface area contributed by atoms with Crippen LogP contribution < -0.4 is 15.4 Å². The molecule has 27 heavy (non-hydrogen) atoms. The lowest BCUT2D eigenvalue weighted by Crippen LogP contribution is -2.30. The van der Waals surface area contributed by atoms with E-state index in [0.717, 1.165) is 36.4 Å². The van der Waals surface area contributed by atoms with Crippen molar-refractivity contribution in [2.45, 2.75) is 4.90 Å². The second-order valence-electron chi connectivity index (χ2n) is 5.23. The van der Waals surface area contributed by atoms with Gasteiger partial charge in [0.2, 0.25) is 10.0 Å². The average molecular weight is 424 g/mol. The Hall–Kier alpha value is -2.14. The van der Waals surface area contributed by atoms with E-state index in [4.69, 9.17) is 0 Å². The number of hydrogen-bond donors (Lipinski definition) is 3. The molecule has 0 aliphatic carbocycles. The molecular formula is C16H17ClF3N3O3S. The Morgan fingerprint density at radius 3 is 2.26 bits per heavy atom. The van der Waals surface area contributed by atoms with Crippen molar-refractivity contribution >= 4 is 34.0 Å². The number of halogens is 4. The van der Waals surface area contributed by atoms with Crippen LogP contribution in [0.15, 0.2) is 41.3 Å². The lowest BCUT2D eigenvalue weighted by Gasteiger charge is -2.10. The molecule has 0 fully saturated rings. The van der Waals surface area contributed by atoms with Gasteiger partial charge >= 0.3 is 0 Å². The molecule has 0 aliphatic rings. The van der Waals surface area contributed by atoms with Gasteiger partial charge in [0.1, 0.15) is 5.82 Å². The first-order valence-electron chi connectivity index (χ1n) is 7.45. The predicted molar refractivity (Wildman–Crippen MR) is 97.1 cm³/mol. The van der Waals surface area contributed by atoms with Crippen LogP contribution in [0.25, 0.3) is 0 Å². The topological polar surface area (TPSA) is 87.3 Å². The maximum absolute atomic E-state index is 13.9. The third-order valence-corrected chi connectivity index (χ3v) is 4.80. The molecule has 0 radical (unpaired) electrons. The zero-order valence-electron chi connectivity index (χ0n) is 14.1. The van der Waals surface area contributed by atoms with Crippen LogP contribution in [0, 0.1) is 17.5 Å². The van der Waals surface area contributed by atoms with Crippen molar-refractivity contribution in [1.29, 1.82) is 0 Å². The molecule has 11 heteroatoms. The lowest BCUT2D eigenvalue weighted by atomic mass is 10.2. The van der Waals surface area contributed by atoms with Crippen LogP contribution in [0.2, 0.25) is 0 Å². The minimum atomic E-state index is -3.94. The molecule has 0 atom stereocenters. The number of likely N-dealkylation sites (N-methyl/N-ethyl adjacent to an activating group) is 1. The number of carbonyl (C=O) groups excluding carboxylic acids is 1. The number of amides is 1. The summed E-state index contributed by atoms with van der Waals surface area (Å²) < 4.78 is 66.6. The SMILES string of the molecule is CNCCNS(=O)(=O)c1ccc(F)c(C(=O)Nc2ccc(F)c(F)c2)c1.Cl. The summed E-state index contributed by atoms with van der Waals surface area (Å²) in [5.41, 5.74) is -0.653. The molecule has 0 bridgehead atoms. The van der Waals surface area contributed by atoms with E-state index in [1.165, 1.54) is 0 Å². The quantitative estimate of drug-likeness (QED) is 0.596. The van der Waals surface area contributed by atoms with Gasteiger partial charge in [0.25, 0.3) is 5.91 Å². The van der Waals surface area contributed by atoms with Gasteiger partial charge in [-0.1, -0.05) is 0 Å². The van der Waals surface area contributed by atoms with Gasteiger partial charge in [0.15, 0.2) is 11.6 Å². The Labute approximate surface area is 160 Å². The molecule has 0 aliphatic heterocycles. The smallest absolute Gasteiger partial charge is 0.258 e. The van der Waals surface area contributed by atoms with Crippen molar-refractivity contribution in [3.8, 4) is 0 Å². The first-order valence-corrected chi connectivity index (χ1v) is 8.93. The largest absolute Gasteiger partial charge is 0.322 e. The Balaban J connectivity index is 0.00000364. The van der Waals surface area contributed by atoms with E-state index in [2.05, 4.69) is 15.4 Å². The number of sulfonamides is 1. The Morgan fingerprint density at radius 1 is 0.963 bits per heavy atom. The van der Waals surface area contributed by atoms with Crippen LogP contribution in [0.5, 0.6) is 0 Å². The summed E-state index contributed by atoms with van der Waals surface area (Å²) in [6.45, 7) is 0.483. The number of hydrogen-bond acceptors (Lipinski definition) is 4. The van der Waals surface area contributed by atoms with Crippen molar-refractivity contribution in [3.05, 3.63) is 59.4 Å². The number of anilines is 1. The van der Waals surface area contributed by atoms with E-state index in [0.29, 0.717) is 6.54 Å². The Kier molecular flexibility index (Phi) is 8.22. The second-order valence-corrected chi connectivity index (χ2v) is 6.99. The number of nitrogens with one attached hydrogen (secondary N) is 3. The monoisotopic (exact) mass is 423 g/mol. The minimum absolute atomic E-state index is 0. The van der Waals surface area contributed by atoms with E-state index in [1.807, 2.05) is 0 Å². The van der Waals surface area contributed by atoms with Gasteiger partial charge < -0.3 is 10.6 Å². The molecule has 6 nitrogen and oxygen atoms in total. The van der Waals surface area contributed by atoms with Crippen LogP contribution in [-0.2, 0) is 10.0 Å². The normalized spacial score (nSPS) is 11.0. The number of carbonyl (C=O) groups is 1. The summed E-state index contributed by atoms with van der Waals surface area (Å²) in [5, 5.41) is 4.95. The molecule has 0 unspecified atom stereocenters. The predicted octanol–water partition coefficient (Wildman–Crippen LogP) is 2.28. The Bertz CT molecular complexity index is 926. The zero-order chi connectivity index (χ0) is 19.3. The molecule has 2 rings (SSSR count). The number of benzene rings is 2. The zero-order valence-corrected chi connectivity index (χ0v) is 15.7. The molecule has 1 amide bonds. The van der Waals surface area contributed by atoms with Crippen molar-refractivity contribution < 1.29 is 26.4 Å². The average Bonchev–Trinajstić information content (AvgIpc) is 2.58. The molecular weight excluding hydrogens is 407 g/mol. The van der Waals surface area contributed by atoms with Crippen molar-refractivity contribution in [3.63, 3.8) is 0 Å².